The Hall–Kier alpha value is -2.82. The molecule has 1 fully saturated rings. The highest BCUT2D eigenvalue weighted by atomic mass is 16.5. The zero-order valence-electron chi connectivity index (χ0n) is 15.1. The van der Waals surface area contributed by atoms with E-state index in [9.17, 15) is 14.7 Å². The van der Waals surface area contributed by atoms with E-state index in [-0.39, 0.29) is 23.8 Å². The molecule has 1 heterocycles. The summed E-state index contributed by atoms with van der Waals surface area (Å²) in [6.45, 7) is 0.764. The molecule has 2 aromatic carbocycles. The summed E-state index contributed by atoms with van der Waals surface area (Å²) in [6, 6.07) is 17.7. The molecule has 0 bridgehead atoms. The summed E-state index contributed by atoms with van der Waals surface area (Å²) in [6.07, 6.45) is 2.23. The van der Waals surface area contributed by atoms with Crippen molar-refractivity contribution in [2.24, 2.45) is 5.92 Å². The summed E-state index contributed by atoms with van der Waals surface area (Å²) in [4.78, 5) is 26.0. The van der Waals surface area contributed by atoms with Crippen LogP contribution in [0.1, 0.15) is 24.0 Å². The Labute approximate surface area is 158 Å². The van der Waals surface area contributed by atoms with Gasteiger partial charge < -0.3 is 14.7 Å². The van der Waals surface area contributed by atoms with E-state index in [0.717, 1.165) is 29.7 Å². The maximum absolute atomic E-state index is 13.2. The Bertz CT molecular complexity index is 850. The molecule has 0 aromatic heterocycles. The molecule has 5 heteroatoms. The van der Waals surface area contributed by atoms with Gasteiger partial charge in [0.05, 0.1) is 6.61 Å². The number of nitrogens with zero attached hydrogens (tertiary/aromatic N) is 1. The normalized spacial score (nSPS) is 22.6. The molecular formula is C22H23NO4. The summed E-state index contributed by atoms with van der Waals surface area (Å²) in [5.74, 6) is -0.325. The molecule has 1 aliphatic carbocycles. The molecule has 2 atom stereocenters. The first kappa shape index (κ1) is 17.6. The number of hydrogen-bond donors (Lipinski definition) is 1. The van der Waals surface area contributed by atoms with Crippen LogP contribution in [0.25, 0.3) is 0 Å². The van der Waals surface area contributed by atoms with Gasteiger partial charge in [-0.05, 0) is 30.9 Å². The van der Waals surface area contributed by atoms with Gasteiger partial charge in [-0.15, -0.1) is 0 Å². The second kappa shape index (κ2) is 7.06. The molecule has 27 heavy (non-hydrogen) atoms. The minimum absolute atomic E-state index is 0.0509. The summed E-state index contributed by atoms with van der Waals surface area (Å²) < 4.78 is 5.74. The minimum Gasteiger partial charge on any atom is -0.493 e. The highest BCUT2D eigenvalue weighted by Gasteiger charge is 2.61. The number of benzene rings is 2. The van der Waals surface area contributed by atoms with Gasteiger partial charge in [0.1, 0.15) is 12.3 Å². The first-order valence-electron chi connectivity index (χ1n) is 9.37. The van der Waals surface area contributed by atoms with Crippen molar-refractivity contribution >= 4 is 11.9 Å². The lowest BCUT2D eigenvalue weighted by molar-refractivity contribution is -0.145. The summed E-state index contributed by atoms with van der Waals surface area (Å²) in [5.41, 5.74) is 2.01. The van der Waals surface area contributed by atoms with Crippen LogP contribution < -0.4 is 4.74 Å². The molecule has 140 valence electrons. The zero-order valence-corrected chi connectivity index (χ0v) is 15.1. The van der Waals surface area contributed by atoms with Crippen LogP contribution >= 0.6 is 0 Å². The molecule has 1 N–H and O–H groups in total. The van der Waals surface area contributed by atoms with E-state index in [1.165, 1.54) is 4.90 Å². The molecular weight excluding hydrogens is 342 g/mol. The Morgan fingerprint density at radius 2 is 1.85 bits per heavy atom. The third kappa shape index (κ3) is 3.42. The van der Waals surface area contributed by atoms with Crippen LogP contribution in [-0.4, -0.2) is 41.6 Å². The van der Waals surface area contributed by atoms with E-state index < -0.39 is 5.97 Å². The number of amides is 1. The molecule has 1 spiro atoms. The van der Waals surface area contributed by atoms with Crippen molar-refractivity contribution in [2.45, 2.75) is 24.7 Å². The van der Waals surface area contributed by atoms with Crippen LogP contribution in [0.2, 0.25) is 0 Å². The molecule has 1 aliphatic heterocycles. The first-order chi connectivity index (χ1) is 13.1. The smallest absolute Gasteiger partial charge is 0.323 e. The maximum Gasteiger partial charge on any atom is 0.323 e. The standard InChI is InChI=1S/C22H23NO4/c24-20(25)15-23(12-10-16-6-2-1-3-7-16)21(26)18-14-22(18)11-13-27-19-9-5-4-8-17(19)22/h1-9,18H,10-15H2,(H,24,25)/t18-,22-/m0/s1. The van der Waals surface area contributed by atoms with E-state index in [1.807, 2.05) is 54.6 Å². The van der Waals surface area contributed by atoms with Crippen molar-refractivity contribution in [3.05, 3.63) is 65.7 Å². The lowest BCUT2D eigenvalue weighted by Gasteiger charge is -2.28. The molecule has 1 saturated carbocycles. The molecule has 2 aromatic rings. The topological polar surface area (TPSA) is 66.8 Å². The Morgan fingerprint density at radius 1 is 1.11 bits per heavy atom. The van der Waals surface area contributed by atoms with E-state index in [4.69, 9.17) is 4.74 Å². The van der Waals surface area contributed by atoms with E-state index in [0.29, 0.717) is 19.6 Å². The maximum atomic E-state index is 13.2. The van der Waals surface area contributed by atoms with Gasteiger partial charge in [-0.25, -0.2) is 0 Å². The summed E-state index contributed by atoms with van der Waals surface area (Å²) >= 11 is 0. The number of carboxylic acid groups (broad SMARTS) is 1. The Balaban J connectivity index is 1.50. The third-order valence-corrected chi connectivity index (χ3v) is 5.75. The van der Waals surface area contributed by atoms with E-state index >= 15 is 0 Å². The number of carbonyl (C=O) groups excluding carboxylic acids is 1. The van der Waals surface area contributed by atoms with Crippen LogP contribution in [0, 0.1) is 5.92 Å². The van der Waals surface area contributed by atoms with E-state index in [1.54, 1.807) is 0 Å². The predicted octanol–water partition coefficient (Wildman–Crippen LogP) is 2.88. The monoisotopic (exact) mass is 365 g/mol. The first-order valence-corrected chi connectivity index (χ1v) is 9.37. The number of carbonyl (C=O) groups is 2. The van der Waals surface area contributed by atoms with Crippen molar-refractivity contribution in [2.75, 3.05) is 19.7 Å². The van der Waals surface area contributed by atoms with Crippen LogP contribution in [0.15, 0.2) is 54.6 Å². The molecule has 1 amide bonds. The Kier molecular flexibility index (Phi) is 4.60. The zero-order chi connectivity index (χ0) is 18.9. The third-order valence-electron chi connectivity index (χ3n) is 5.75. The van der Waals surface area contributed by atoms with Gasteiger partial charge >= 0.3 is 5.97 Å². The van der Waals surface area contributed by atoms with Crippen molar-refractivity contribution in [1.29, 1.82) is 0 Å². The second-order valence-corrected chi connectivity index (χ2v) is 7.40. The van der Waals surface area contributed by atoms with Crippen molar-refractivity contribution in [1.82, 2.24) is 4.90 Å². The van der Waals surface area contributed by atoms with Gasteiger partial charge in [-0.3, -0.25) is 9.59 Å². The lowest BCUT2D eigenvalue weighted by atomic mass is 9.87. The van der Waals surface area contributed by atoms with Gasteiger partial charge in [0, 0.05) is 23.4 Å². The number of ether oxygens (including phenoxy) is 1. The average molecular weight is 365 g/mol. The van der Waals surface area contributed by atoms with Crippen LogP contribution in [0.5, 0.6) is 5.75 Å². The van der Waals surface area contributed by atoms with Crippen LogP contribution in [0.4, 0.5) is 0 Å². The van der Waals surface area contributed by atoms with Gasteiger partial charge in [-0.1, -0.05) is 48.5 Å². The van der Waals surface area contributed by atoms with E-state index in [2.05, 4.69) is 0 Å². The average Bonchev–Trinajstić information content (AvgIpc) is 3.40. The van der Waals surface area contributed by atoms with Crippen LogP contribution in [0.3, 0.4) is 0 Å². The number of aliphatic carboxylic acids is 1. The summed E-state index contributed by atoms with van der Waals surface area (Å²) in [5, 5.41) is 9.28. The number of hydrogen-bond acceptors (Lipinski definition) is 3. The molecule has 2 aliphatic rings. The van der Waals surface area contributed by atoms with Crippen molar-refractivity contribution in [3.8, 4) is 5.75 Å². The van der Waals surface area contributed by atoms with Crippen molar-refractivity contribution in [3.63, 3.8) is 0 Å². The fourth-order valence-corrected chi connectivity index (χ4v) is 4.24. The molecule has 0 unspecified atom stereocenters. The number of para-hydroxylation sites is 1. The highest BCUT2D eigenvalue weighted by molar-refractivity contribution is 5.87. The molecule has 0 radical (unpaired) electrons. The lowest BCUT2D eigenvalue weighted by Crippen LogP contribution is -2.40. The number of rotatable bonds is 6. The molecule has 4 rings (SSSR count). The fraction of sp³-hybridized carbons (Fsp3) is 0.364. The van der Waals surface area contributed by atoms with Crippen molar-refractivity contribution < 1.29 is 19.4 Å². The molecule has 5 nitrogen and oxygen atoms in total. The largest absolute Gasteiger partial charge is 0.493 e. The highest BCUT2D eigenvalue weighted by Crippen LogP contribution is 2.61. The Morgan fingerprint density at radius 3 is 2.63 bits per heavy atom. The predicted molar refractivity (Wildman–Crippen MR) is 101 cm³/mol. The fourth-order valence-electron chi connectivity index (χ4n) is 4.24. The number of fused-ring (bicyclic) bond motifs is 2. The second-order valence-electron chi connectivity index (χ2n) is 7.40. The van der Waals surface area contributed by atoms with Gasteiger partial charge in [0.15, 0.2) is 0 Å². The SMILES string of the molecule is O=C(O)CN(CCc1ccccc1)C(=O)[C@@H]1C[C@]12CCOc1ccccc12. The minimum atomic E-state index is -0.974. The van der Waals surface area contributed by atoms with Gasteiger partial charge in [-0.2, -0.15) is 0 Å². The number of carboxylic acids is 1. The van der Waals surface area contributed by atoms with Gasteiger partial charge in [0.2, 0.25) is 5.91 Å². The van der Waals surface area contributed by atoms with Gasteiger partial charge in [0.25, 0.3) is 0 Å². The molecule has 0 saturated heterocycles. The van der Waals surface area contributed by atoms with Crippen LogP contribution in [-0.2, 0) is 21.4 Å². The quantitative estimate of drug-likeness (QED) is 0.855. The summed E-state index contributed by atoms with van der Waals surface area (Å²) in [7, 11) is 0.